The van der Waals surface area contributed by atoms with E-state index in [0.29, 0.717) is 21.4 Å². The molecule has 1 rings (SSSR count). The Morgan fingerprint density at radius 1 is 1.53 bits per heavy atom. The highest BCUT2D eigenvalue weighted by molar-refractivity contribution is 9.10. The van der Waals surface area contributed by atoms with Crippen LogP contribution in [-0.4, -0.2) is 25.3 Å². The van der Waals surface area contributed by atoms with Gasteiger partial charge in [-0.05, 0) is 28.1 Å². The molecule has 0 spiro atoms. The molecule has 0 radical (unpaired) electrons. The van der Waals surface area contributed by atoms with Gasteiger partial charge in [0.1, 0.15) is 6.07 Å². The van der Waals surface area contributed by atoms with E-state index in [2.05, 4.69) is 27.0 Å². The second-order valence-corrected chi connectivity index (χ2v) is 4.07. The summed E-state index contributed by atoms with van der Waals surface area (Å²) >= 11 is 3.28. The Morgan fingerprint density at radius 2 is 2.20 bits per heavy atom. The average molecular weight is 267 g/mol. The lowest BCUT2D eigenvalue weighted by molar-refractivity contribution is 0.643. The van der Waals surface area contributed by atoms with Gasteiger partial charge in [0.2, 0.25) is 0 Å². The fourth-order valence-corrected chi connectivity index (χ4v) is 1.56. The van der Waals surface area contributed by atoms with Gasteiger partial charge in [-0.25, -0.2) is 4.99 Å². The predicted octanol–water partition coefficient (Wildman–Crippen LogP) is 2.12. The van der Waals surface area contributed by atoms with Crippen LogP contribution in [0.3, 0.4) is 0 Å². The molecule has 0 aliphatic heterocycles. The van der Waals surface area contributed by atoms with Crippen molar-refractivity contribution in [3.63, 3.8) is 0 Å². The highest BCUT2D eigenvalue weighted by Gasteiger charge is 2.06. The molecular formula is C10H11BrN4. The topological polar surface area (TPSA) is 65.4 Å². The van der Waals surface area contributed by atoms with Gasteiger partial charge in [-0.1, -0.05) is 0 Å². The molecule has 0 saturated carbocycles. The van der Waals surface area contributed by atoms with E-state index in [1.54, 1.807) is 23.4 Å². The third kappa shape index (κ3) is 2.96. The summed E-state index contributed by atoms with van der Waals surface area (Å²) in [6.45, 7) is 0. The summed E-state index contributed by atoms with van der Waals surface area (Å²) in [5, 5.41) is 8.95. The molecule has 0 heterocycles. The molecule has 78 valence electrons. The lowest BCUT2D eigenvalue weighted by Crippen LogP contribution is -2.07. The van der Waals surface area contributed by atoms with Crippen LogP contribution in [-0.2, 0) is 0 Å². The van der Waals surface area contributed by atoms with E-state index in [9.17, 15) is 0 Å². The number of hydrogen-bond donors (Lipinski definition) is 1. The fourth-order valence-electron chi connectivity index (χ4n) is 1.00. The van der Waals surface area contributed by atoms with Crippen LogP contribution in [0.25, 0.3) is 0 Å². The highest BCUT2D eigenvalue weighted by Crippen LogP contribution is 2.29. The van der Waals surface area contributed by atoms with Crippen molar-refractivity contribution in [2.24, 2.45) is 4.99 Å². The number of nitrogens with zero attached hydrogens (tertiary/aromatic N) is 3. The normalized spacial score (nSPS) is 10.3. The average Bonchev–Trinajstić information content (AvgIpc) is 2.13. The van der Waals surface area contributed by atoms with Gasteiger partial charge in [0.05, 0.1) is 17.6 Å². The third-order valence-electron chi connectivity index (χ3n) is 1.63. The molecule has 0 fully saturated rings. The minimum absolute atomic E-state index is 0.488. The Bertz CT molecular complexity index is 432. The van der Waals surface area contributed by atoms with Gasteiger partial charge in [0, 0.05) is 24.3 Å². The van der Waals surface area contributed by atoms with Crippen molar-refractivity contribution < 1.29 is 0 Å². The van der Waals surface area contributed by atoms with E-state index in [4.69, 9.17) is 11.0 Å². The summed E-state index contributed by atoms with van der Waals surface area (Å²) in [4.78, 5) is 5.96. The number of hydrogen-bond acceptors (Lipinski definition) is 3. The second-order valence-electron chi connectivity index (χ2n) is 3.22. The largest absolute Gasteiger partial charge is 0.399 e. The molecule has 0 aromatic heterocycles. The van der Waals surface area contributed by atoms with Crippen LogP contribution in [0.5, 0.6) is 0 Å². The van der Waals surface area contributed by atoms with Gasteiger partial charge >= 0.3 is 0 Å². The molecule has 0 aliphatic rings. The third-order valence-corrected chi connectivity index (χ3v) is 2.26. The van der Waals surface area contributed by atoms with E-state index < -0.39 is 0 Å². The van der Waals surface area contributed by atoms with E-state index in [1.807, 2.05) is 14.1 Å². The molecule has 1 aromatic carbocycles. The molecule has 0 saturated heterocycles. The summed E-state index contributed by atoms with van der Waals surface area (Å²) in [5.74, 6) is 0. The van der Waals surface area contributed by atoms with E-state index in [-0.39, 0.29) is 0 Å². The summed E-state index contributed by atoms with van der Waals surface area (Å²) in [5.41, 5.74) is 7.29. The molecule has 5 heteroatoms. The van der Waals surface area contributed by atoms with Crippen molar-refractivity contribution in [3.05, 3.63) is 22.2 Å². The lowest BCUT2D eigenvalue weighted by Gasteiger charge is -2.05. The Balaban J connectivity index is 3.22. The number of halogens is 1. The smallest absolute Gasteiger partial charge is 0.103 e. The van der Waals surface area contributed by atoms with Crippen LogP contribution in [0.15, 0.2) is 21.6 Å². The quantitative estimate of drug-likeness (QED) is 0.507. The van der Waals surface area contributed by atoms with Crippen LogP contribution in [0.2, 0.25) is 0 Å². The summed E-state index contributed by atoms with van der Waals surface area (Å²) < 4.78 is 0.663. The van der Waals surface area contributed by atoms with E-state index >= 15 is 0 Å². The zero-order valence-corrected chi connectivity index (χ0v) is 10.1. The van der Waals surface area contributed by atoms with Crippen molar-refractivity contribution in [1.82, 2.24) is 4.90 Å². The number of nitrogen functional groups attached to an aromatic ring is 1. The molecule has 1 aromatic rings. The first-order chi connectivity index (χ1) is 7.04. The van der Waals surface area contributed by atoms with Gasteiger partial charge in [-0.15, -0.1) is 0 Å². The van der Waals surface area contributed by atoms with Gasteiger partial charge in [-0.2, -0.15) is 5.26 Å². The van der Waals surface area contributed by atoms with Crippen LogP contribution >= 0.6 is 15.9 Å². The predicted molar refractivity (Wildman–Crippen MR) is 65.1 cm³/mol. The Morgan fingerprint density at radius 3 is 2.73 bits per heavy atom. The van der Waals surface area contributed by atoms with Gasteiger partial charge in [0.15, 0.2) is 0 Å². The first-order valence-corrected chi connectivity index (χ1v) is 5.03. The Labute approximate surface area is 97.1 Å². The van der Waals surface area contributed by atoms with Crippen LogP contribution < -0.4 is 5.73 Å². The molecule has 0 unspecified atom stereocenters. The summed E-state index contributed by atoms with van der Waals surface area (Å²) in [6, 6.07) is 5.44. The number of nitriles is 1. The fraction of sp³-hybridized carbons (Fsp3) is 0.200. The van der Waals surface area contributed by atoms with Gasteiger partial charge < -0.3 is 10.6 Å². The van der Waals surface area contributed by atoms with Crippen molar-refractivity contribution in [2.45, 2.75) is 0 Å². The minimum atomic E-state index is 0.488. The SMILES string of the molecule is CN(C)C=Nc1cc(N)cc(Br)c1C#N. The molecule has 0 bridgehead atoms. The van der Waals surface area contributed by atoms with E-state index in [0.717, 1.165) is 0 Å². The van der Waals surface area contributed by atoms with E-state index in [1.165, 1.54) is 0 Å². The van der Waals surface area contributed by atoms with Crippen molar-refractivity contribution in [3.8, 4) is 6.07 Å². The maximum atomic E-state index is 8.95. The molecule has 2 N–H and O–H groups in total. The van der Waals surface area contributed by atoms with Crippen molar-refractivity contribution in [2.75, 3.05) is 19.8 Å². The Hall–Kier alpha value is -1.54. The van der Waals surface area contributed by atoms with Gasteiger partial charge in [-0.3, -0.25) is 0 Å². The molecule has 15 heavy (non-hydrogen) atoms. The molecular weight excluding hydrogens is 256 g/mol. The molecule has 0 atom stereocenters. The lowest BCUT2D eigenvalue weighted by atomic mass is 10.2. The number of aliphatic imine (C=N–C) groups is 1. The summed E-state index contributed by atoms with van der Waals surface area (Å²) in [7, 11) is 3.72. The number of benzene rings is 1. The zero-order valence-electron chi connectivity index (χ0n) is 8.53. The molecule has 0 aliphatic carbocycles. The van der Waals surface area contributed by atoms with Crippen molar-refractivity contribution >= 4 is 33.6 Å². The second kappa shape index (κ2) is 4.80. The monoisotopic (exact) mass is 266 g/mol. The zero-order chi connectivity index (χ0) is 11.4. The minimum Gasteiger partial charge on any atom is -0.399 e. The van der Waals surface area contributed by atoms with Crippen LogP contribution in [0, 0.1) is 11.3 Å². The maximum Gasteiger partial charge on any atom is 0.103 e. The summed E-state index contributed by atoms with van der Waals surface area (Å²) in [6.07, 6.45) is 1.63. The standard InChI is InChI=1S/C10H11BrN4/c1-15(2)6-14-10-4-7(13)3-9(11)8(10)5-12/h3-4,6H,13H2,1-2H3. The van der Waals surface area contributed by atoms with Crippen LogP contribution in [0.1, 0.15) is 5.56 Å². The number of anilines is 1. The first-order valence-electron chi connectivity index (χ1n) is 4.24. The van der Waals surface area contributed by atoms with Crippen LogP contribution in [0.4, 0.5) is 11.4 Å². The Kier molecular flexibility index (Phi) is 3.69. The molecule has 0 amide bonds. The van der Waals surface area contributed by atoms with Gasteiger partial charge in [0.25, 0.3) is 0 Å². The number of rotatable bonds is 2. The maximum absolute atomic E-state index is 8.95. The molecule has 4 nitrogen and oxygen atoms in total. The van der Waals surface area contributed by atoms with Crippen molar-refractivity contribution in [1.29, 1.82) is 5.26 Å². The number of nitrogens with two attached hydrogens (primary N) is 1. The highest BCUT2D eigenvalue weighted by atomic mass is 79.9. The first kappa shape index (κ1) is 11.5.